The van der Waals surface area contributed by atoms with Crippen LogP contribution in [0.2, 0.25) is 0 Å². The first-order chi connectivity index (χ1) is 8.18. The maximum Gasteiger partial charge on any atom is 0.338 e. The van der Waals surface area contributed by atoms with E-state index in [0.717, 1.165) is 11.8 Å². The smallest absolute Gasteiger partial charge is 0.338 e. The van der Waals surface area contributed by atoms with Crippen LogP contribution in [0.15, 0.2) is 45.6 Å². The Morgan fingerprint density at radius 2 is 2.06 bits per heavy atom. The van der Waals surface area contributed by atoms with Gasteiger partial charge in [-0.1, -0.05) is 0 Å². The largest absolute Gasteiger partial charge is 0.478 e. The van der Waals surface area contributed by atoms with E-state index in [-0.39, 0.29) is 21.2 Å². The summed E-state index contributed by atoms with van der Waals surface area (Å²) < 4.78 is 0. The van der Waals surface area contributed by atoms with Gasteiger partial charge in [-0.25, -0.2) is 14.8 Å². The lowest BCUT2D eigenvalue weighted by atomic mass is 10.3. The summed E-state index contributed by atoms with van der Waals surface area (Å²) in [6.45, 7) is 0. The molecule has 0 saturated heterocycles. The lowest BCUT2D eigenvalue weighted by molar-refractivity contribution is 0.0692. The lowest BCUT2D eigenvalue weighted by Crippen LogP contribution is -2.09. The van der Waals surface area contributed by atoms with Crippen molar-refractivity contribution < 1.29 is 9.90 Å². The van der Waals surface area contributed by atoms with E-state index in [1.54, 1.807) is 0 Å². The Labute approximate surface area is 99.8 Å². The number of carboxylic acid groups (broad SMARTS) is 1. The predicted molar refractivity (Wildman–Crippen MR) is 60.2 cm³/mol. The highest BCUT2D eigenvalue weighted by molar-refractivity contribution is 7.99. The molecule has 6 nitrogen and oxygen atoms in total. The predicted octanol–water partition coefficient (Wildman–Crippen LogP) is 1.01. The number of aromatic carboxylic acids is 1. The zero-order valence-corrected chi connectivity index (χ0v) is 9.27. The van der Waals surface area contributed by atoms with Gasteiger partial charge in [0, 0.05) is 18.6 Å². The summed E-state index contributed by atoms with van der Waals surface area (Å²) in [6, 6.07) is 2.95. The van der Waals surface area contributed by atoms with E-state index in [1.807, 2.05) is 0 Å². The lowest BCUT2D eigenvalue weighted by Gasteiger charge is -2.02. The Morgan fingerprint density at radius 1 is 1.29 bits per heavy atom. The molecule has 17 heavy (non-hydrogen) atoms. The monoisotopic (exact) mass is 249 g/mol. The third-order valence-electron chi connectivity index (χ3n) is 1.87. The molecule has 0 spiro atoms. The van der Waals surface area contributed by atoms with E-state index < -0.39 is 5.97 Å². The van der Waals surface area contributed by atoms with Crippen molar-refractivity contribution in [3.63, 3.8) is 0 Å². The van der Waals surface area contributed by atoms with Gasteiger partial charge >= 0.3 is 5.97 Å². The first-order valence-electron chi connectivity index (χ1n) is 4.58. The molecule has 0 atom stereocenters. The highest BCUT2D eigenvalue weighted by Crippen LogP contribution is 2.24. The van der Waals surface area contributed by atoms with E-state index in [0.29, 0.717) is 0 Å². The van der Waals surface area contributed by atoms with Crippen molar-refractivity contribution in [3.05, 3.63) is 46.6 Å². The van der Waals surface area contributed by atoms with E-state index in [4.69, 9.17) is 5.11 Å². The van der Waals surface area contributed by atoms with Crippen molar-refractivity contribution in [1.82, 2.24) is 15.0 Å². The molecule has 0 aliphatic heterocycles. The van der Waals surface area contributed by atoms with Crippen LogP contribution in [0.5, 0.6) is 0 Å². The summed E-state index contributed by atoms with van der Waals surface area (Å²) in [4.78, 5) is 32.6. The molecule has 86 valence electrons. The Balaban J connectivity index is 2.40. The second-order valence-electron chi connectivity index (χ2n) is 2.99. The SMILES string of the molecule is O=C(O)c1cccnc1Sc1ncc[nH]c1=O. The highest BCUT2D eigenvalue weighted by Gasteiger charge is 2.13. The van der Waals surface area contributed by atoms with Gasteiger partial charge < -0.3 is 10.1 Å². The number of nitrogens with zero attached hydrogens (tertiary/aromatic N) is 2. The van der Waals surface area contributed by atoms with Gasteiger partial charge in [0.05, 0.1) is 5.56 Å². The number of hydrogen-bond donors (Lipinski definition) is 2. The summed E-state index contributed by atoms with van der Waals surface area (Å²) in [6.07, 6.45) is 4.29. The van der Waals surface area contributed by atoms with E-state index in [1.165, 1.54) is 30.7 Å². The second kappa shape index (κ2) is 4.79. The third kappa shape index (κ3) is 2.51. The van der Waals surface area contributed by atoms with Crippen molar-refractivity contribution in [2.24, 2.45) is 0 Å². The van der Waals surface area contributed by atoms with Gasteiger partial charge in [-0.2, -0.15) is 0 Å². The van der Waals surface area contributed by atoms with Crippen molar-refractivity contribution in [2.45, 2.75) is 10.1 Å². The van der Waals surface area contributed by atoms with Gasteiger partial charge in [0.1, 0.15) is 5.03 Å². The Kier molecular flexibility index (Phi) is 3.20. The van der Waals surface area contributed by atoms with Crippen molar-refractivity contribution in [2.75, 3.05) is 0 Å². The maximum atomic E-state index is 11.4. The normalized spacial score (nSPS) is 10.1. The van der Waals surface area contributed by atoms with Crippen molar-refractivity contribution in [1.29, 1.82) is 0 Å². The molecule has 2 heterocycles. The van der Waals surface area contributed by atoms with Crippen LogP contribution < -0.4 is 5.56 Å². The van der Waals surface area contributed by atoms with Crippen molar-refractivity contribution in [3.8, 4) is 0 Å². The number of H-pyrrole nitrogens is 1. The van der Waals surface area contributed by atoms with E-state index in [9.17, 15) is 9.59 Å². The minimum Gasteiger partial charge on any atom is -0.478 e. The minimum atomic E-state index is -1.09. The number of pyridine rings is 1. The molecule has 0 aliphatic rings. The fraction of sp³-hybridized carbons (Fsp3) is 0. The van der Waals surface area contributed by atoms with Gasteiger partial charge in [-0.15, -0.1) is 0 Å². The van der Waals surface area contributed by atoms with Crippen LogP contribution in [-0.4, -0.2) is 26.0 Å². The number of nitrogens with one attached hydrogen (secondary N) is 1. The molecule has 0 amide bonds. The zero-order chi connectivity index (χ0) is 12.3. The topological polar surface area (TPSA) is 95.9 Å². The maximum absolute atomic E-state index is 11.4. The third-order valence-corrected chi connectivity index (χ3v) is 2.87. The highest BCUT2D eigenvalue weighted by atomic mass is 32.2. The molecule has 2 N–H and O–H groups in total. The van der Waals surface area contributed by atoms with Gasteiger partial charge in [0.25, 0.3) is 5.56 Å². The van der Waals surface area contributed by atoms with Gasteiger partial charge in [0.15, 0.2) is 5.03 Å². The molecule has 0 unspecified atom stereocenters. The average Bonchev–Trinajstić information content (AvgIpc) is 2.32. The summed E-state index contributed by atoms with van der Waals surface area (Å²) in [5.74, 6) is -1.09. The molecule has 0 fully saturated rings. The molecule has 0 saturated carbocycles. The zero-order valence-electron chi connectivity index (χ0n) is 8.45. The summed E-state index contributed by atoms with van der Waals surface area (Å²) in [5.41, 5.74) is -0.331. The Morgan fingerprint density at radius 3 is 2.76 bits per heavy atom. The molecule has 2 aromatic heterocycles. The quantitative estimate of drug-likeness (QED) is 0.842. The average molecular weight is 249 g/mol. The van der Waals surface area contributed by atoms with Crippen LogP contribution in [0.1, 0.15) is 10.4 Å². The van der Waals surface area contributed by atoms with E-state index in [2.05, 4.69) is 15.0 Å². The molecule has 2 aromatic rings. The standard InChI is InChI=1S/C10H7N3O3S/c14-7-9(13-5-4-11-7)17-8-6(10(15)16)2-1-3-12-8/h1-5H,(H,11,14)(H,15,16). The summed E-state index contributed by atoms with van der Waals surface area (Å²) in [7, 11) is 0. The van der Waals surface area contributed by atoms with Crippen LogP contribution in [0, 0.1) is 0 Å². The van der Waals surface area contributed by atoms with Crippen LogP contribution in [-0.2, 0) is 0 Å². The molecular formula is C10H7N3O3S. The fourth-order valence-corrected chi connectivity index (χ4v) is 1.96. The number of aromatic amines is 1. The summed E-state index contributed by atoms with van der Waals surface area (Å²) in [5, 5.41) is 9.35. The second-order valence-corrected chi connectivity index (χ2v) is 3.96. The number of carbonyl (C=O) groups is 1. The number of rotatable bonds is 3. The molecule has 0 radical (unpaired) electrons. The molecule has 2 rings (SSSR count). The first kappa shape index (κ1) is 11.3. The number of hydrogen-bond acceptors (Lipinski definition) is 5. The van der Waals surface area contributed by atoms with Crippen LogP contribution in [0.4, 0.5) is 0 Å². The Hall–Kier alpha value is -2.15. The van der Waals surface area contributed by atoms with Gasteiger partial charge in [0.2, 0.25) is 0 Å². The molecule has 7 heteroatoms. The molecular weight excluding hydrogens is 242 g/mol. The Bertz CT molecular complexity index is 611. The minimum absolute atomic E-state index is 0.0440. The number of carboxylic acids is 1. The molecule has 0 aliphatic carbocycles. The van der Waals surface area contributed by atoms with Crippen molar-refractivity contribution >= 4 is 17.7 Å². The van der Waals surface area contributed by atoms with E-state index >= 15 is 0 Å². The molecule has 0 aromatic carbocycles. The van der Waals surface area contributed by atoms with Crippen LogP contribution in [0.3, 0.4) is 0 Å². The summed E-state index contributed by atoms with van der Waals surface area (Å²) >= 11 is 0.922. The number of aromatic nitrogens is 3. The first-order valence-corrected chi connectivity index (χ1v) is 5.40. The molecule has 0 bridgehead atoms. The van der Waals surface area contributed by atoms with Crippen LogP contribution in [0.25, 0.3) is 0 Å². The van der Waals surface area contributed by atoms with Crippen LogP contribution >= 0.6 is 11.8 Å². The van der Waals surface area contributed by atoms with Gasteiger partial charge in [-0.3, -0.25) is 4.79 Å². The van der Waals surface area contributed by atoms with Gasteiger partial charge in [-0.05, 0) is 23.9 Å². The fourth-order valence-electron chi connectivity index (χ4n) is 1.14.